The van der Waals surface area contributed by atoms with Crippen LogP contribution in [0.3, 0.4) is 0 Å². The molecule has 2 aromatic carbocycles. The number of hydrogen-bond donors (Lipinski definition) is 1. The number of para-hydroxylation sites is 1. The molecule has 27 heavy (non-hydrogen) atoms. The molecule has 2 rings (SSSR count). The molecule has 0 aromatic heterocycles. The minimum atomic E-state index is -0.412. The second kappa shape index (κ2) is 10.4. The monoisotopic (exact) mass is 389 g/mol. The van der Waals surface area contributed by atoms with Gasteiger partial charge < -0.3 is 19.5 Å². The van der Waals surface area contributed by atoms with Gasteiger partial charge in [0.15, 0.2) is 5.75 Å². The fraction of sp³-hybridized carbons (Fsp3) is 0.200. The quantitative estimate of drug-likeness (QED) is 0.422. The van der Waals surface area contributed by atoms with Crippen LogP contribution in [0.5, 0.6) is 5.75 Å². The first-order valence-corrected chi connectivity index (χ1v) is 8.50. The van der Waals surface area contributed by atoms with E-state index in [0.29, 0.717) is 35.2 Å². The summed E-state index contributed by atoms with van der Waals surface area (Å²) in [4.78, 5) is 23.6. The number of benzene rings is 2. The molecular formula is C20H20ClNO5. The fourth-order valence-electron chi connectivity index (χ4n) is 2.18. The molecule has 0 aliphatic rings. The summed E-state index contributed by atoms with van der Waals surface area (Å²) in [5, 5.41) is 3.13. The lowest BCUT2D eigenvalue weighted by Gasteiger charge is -2.13. The first-order valence-electron chi connectivity index (χ1n) is 8.13. The average molecular weight is 390 g/mol. The van der Waals surface area contributed by atoms with Crippen molar-refractivity contribution in [2.24, 2.45) is 0 Å². The highest BCUT2D eigenvalue weighted by atomic mass is 35.5. The zero-order valence-electron chi connectivity index (χ0n) is 15.0. The lowest BCUT2D eigenvalue weighted by atomic mass is 10.1. The highest BCUT2D eigenvalue weighted by Crippen LogP contribution is 2.32. The Morgan fingerprint density at radius 1 is 1.07 bits per heavy atom. The van der Waals surface area contributed by atoms with Crippen molar-refractivity contribution in [2.45, 2.75) is 0 Å². The highest BCUT2D eigenvalue weighted by Gasteiger charge is 2.10. The minimum Gasteiger partial charge on any atom is -0.487 e. The summed E-state index contributed by atoms with van der Waals surface area (Å²) >= 11 is 6.14. The number of methoxy groups -OCH3 is 2. The lowest BCUT2D eigenvalue weighted by Crippen LogP contribution is -2.11. The number of nitrogens with one attached hydrogen (secondary N) is 1. The molecule has 2 aromatic rings. The average Bonchev–Trinajstić information content (AvgIpc) is 2.68. The van der Waals surface area contributed by atoms with Crippen LogP contribution in [0.15, 0.2) is 48.5 Å². The second-order valence-corrected chi connectivity index (χ2v) is 5.80. The summed E-state index contributed by atoms with van der Waals surface area (Å²) in [6, 6.07) is 11.8. The van der Waals surface area contributed by atoms with Gasteiger partial charge in [0, 0.05) is 13.2 Å². The van der Waals surface area contributed by atoms with E-state index in [9.17, 15) is 9.59 Å². The van der Waals surface area contributed by atoms with Gasteiger partial charge in [0.25, 0.3) is 0 Å². The number of esters is 1. The molecule has 0 heterocycles. The van der Waals surface area contributed by atoms with Crippen molar-refractivity contribution in [3.05, 3.63) is 64.7 Å². The van der Waals surface area contributed by atoms with Crippen molar-refractivity contribution in [3.63, 3.8) is 0 Å². The molecule has 0 bridgehead atoms. The maximum Gasteiger partial charge on any atom is 0.337 e. The molecule has 6 nitrogen and oxygen atoms in total. The molecule has 0 fully saturated rings. The summed E-state index contributed by atoms with van der Waals surface area (Å²) in [7, 11) is 2.89. The third-order valence-corrected chi connectivity index (χ3v) is 3.82. The Kier molecular flexibility index (Phi) is 7.85. The van der Waals surface area contributed by atoms with Crippen molar-refractivity contribution in [1.29, 1.82) is 0 Å². The summed E-state index contributed by atoms with van der Waals surface area (Å²) in [5.74, 6) is -0.364. The van der Waals surface area contributed by atoms with Crippen LogP contribution in [0.25, 0.3) is 6.08 Å². The SMILES string of the molecule is COCCOc1c(Cl)cccc1NC(=O)/C=C/c1ccc(C(=O)OC)cc1. The molecule has 0 aliphatic carbocycles. The molecule has 0 aliphatic heterocycles. The molecule has 142 valence electrons. The summed E-state index contributed by atoms with van der Waals surface area (Å²) in [5.41, 5.74) is 1.67. The van der Waals surface area contributed by atoms with E-state index in [1.54, 1.807) is 55.7 Å². The Morgan fingerprint density at radius 2 is 1.81 bits per heavy atom. The van der Waals surface area contributed by atoms with Crippen LogP contribution >= 0.6 is 11.6 Å². The van der Waals surface area contributed by atoms with Gasteiger partial charge in [-0.1, -0.05) is 29.8 Å². The molecule has 0 spiro atoms. The molecule has 1 amide bonds. The number of carbonyl (C=O) groups is 2. The molecule has 0 saturated carbocycles. The van der Waals surface area contributed by atoms with Crippen LogP contribution in [-0.2, 0) is 14.3 Å². The van der Waals surface area contributed by atoms with Crippen molar-refractivity contribution < 1.29 is 23.8 Å². The van der Waals surface area contributed by atoms with E-state index >= 15 is 0 Å². The van der Waals surface area contributed by atoms with E-state index < -0.39 is 5.97 Å². The Hall–Kier alpha value is -2.83. The molecule has 0 radical (unpaired) electrons. The van der Waals surface area contributed by atoms with E-state index in [1.807, 2.05) is 0 Å². The Morgan fingerprint density at radius 3 is 2.48 bits per heavy atom. The maximum atomic E-state index is 12.2. The number of rotatable bonds is 8. The third-order valence-electron chi connectivity index (χ3n) is 3.52. The largest absolute Gasteiger partial charge is 0.487 e. The van der Waals surface area contributed by atoms with Gasteiger partial charge in [-0.2, -0.15) is 0 Å². The van der Waals surface area contributed by atoms with Gasteiger partial charge >= 0.3 is 5.97 Å². The first-order chi connectivity index (χ1) is 13.0. The first kappa shape index (κ1) is 20.5. The smallest absolute Gasteiger partial charge is 0.337 e. The van der Waals surface area contributed by atoms with Crippen LogP contribution in [0.2, 0.25) is 5.02 Å². The molecule has 0 atom stereocenters. The van der Waals surface area contributed by atoms with Gasteiger partial charge in [-0.05, 0) is 35.9 Å². The molecule has 1 N–H and O–H groups in total. The second-order valence-electron chi connectivity index (χ2n) is 5.39. The number of halogens is 1. The number of anilines is 1. The van der Waals surface area contributed by atoms with Gasteiger partial charge in [-0.25, -0.2) is 4.79 Å². The van der Waals surface area contributed by atoms with Crippen molar-refractivity contribution in [3.8, 4) is 5.75 Å². The molecule has 0 saturated heterocycles. The number of ether oxygens (including phenoxy) is 3. The van der Waals surface area contributed by atoms with E-state index in [0.717, 1.165) is 5.56 Å². The normalized spacial score (nSPS) is 10.6. The predicted octanol–water partition coefficient (Wildman–Crippen LogP) is 3.80. The van der Waals surface area contributed by atoms with Crippen LogP contribution in [0, 0.1) is 0 Å². The van der Waals surface area contributed by atoms with Crippen molar-refractivity contribution in [1.82, 2.24) is 0 Å². The molecular weight excluding hydrogens is 370 g/mol. The van der Waals surface area contributed by atoms with Crippen LogP contribution in [-0.4, -0.2) is 39.3 Å². The third kappa shape index (κ3) is 6.13. The van der Waals surface area contributed by atoms with E-state index in [-0.39, 0.29) is 5.91 Å². The number of amides is 1. The van der Waals surface area contributed by atoms with Gasteiger partial charge in [-0.15, -0.1) is 0 Å². The molecule has 7 heteroatoms. The summed E-state index contributed by atoms with van der Waals surface area (Å²) in [6.07, 6.45) is 3.01. The minimum absolute atomic E-state index is 0.311. The van der Waals surface area contributed by atoms with Gasteiger partial charge in [0.1, 0.15) is 6.61 Å². The highest BCUT2D eigenvalue weighted by molar-refractivity contribution is 6.32. The maximum absolute atomic E-state index is 12.2. The summed E-state index contributed by atoms with van der Waals surface area (Å²) < 4.78 is 15.2. The van der Waals surface area contributed by atoms with Crippen LogP contribution in [0.4, 0.5) is 5.69 Å². The predicted molar refractivity (Wildman–Crippen MR) is 104 cm³/mol. The fourth-order valence-corrected chi connectivity index (χ4v) is 2.40. The topological polar surface area (TPSA) is 73.9 Å². The van der Waals surface area contributed by atoms with Gasteiger partial charge in [-0.3, -0.25) is 4.79 Å². The van der Waals surface area contributed by atoms with Crippen molar-refractivity contribution >= 4 is 35.2 Å². The standard InChI is InChI=1S/C20H20ClNO5/c1-25-12-13-27-19-16(21)4-3-5-17(19)22-18(23)11-8-14-6-9-15(10-7-14)20(24)26-2/h3-11H,12-13H2,1-2H3,(H,22,23)/b11-8+. The summed E-state index contributed by atoms with van der Waals surface area (Å²) in [6.45, 7) is 0.714. The number of hydrogen-bond acceptors (Lipinski definition) is 5. The number of carbonyl (C=O) groups excluding carboxylic acids is 2. The van der Waals surface area contributed by atoms with Crippen LogP contribution < -0.4 is 10.1 Å². The van der Waals surface area contributed by atoms with Crippen molar-refractivity contribution in [2.75, 3.05) is 32.8 Å². The van der Waals surface area contributed by atoms with Gasteiger partial charge in [0.2, 0.25) is 5.91 Å². The zero-order valence-corrected chi connectivity index (χ0v) is 15.8. The van der Waals surface area contributed by atoms with E-state index in [4.69, 9.17) is 21.1 Å². The van der Waals surface area contributed by atoms with E-state index in [1.165, 1.54) is 13.2 Å². The zero-order chi connectivity index (χ0) is 19.6. The van der Waals surface area contributed by atoms with Crippen LogP contribution in [0.1, 0.15) is 15.9 Å². The van der Waals surface area contributed by atoms with E-state index in [2.05, 4.69) is 10.1 Å². The van der Waals surface area contributed by atoms with Gasteiger partial charge in [0.05, 0.1) is 30.0 Å². The Bertz CT molecular complexity index is 818. The molecule has 0 unspecified atom stereocenters. The Labute approximate surface area is 162 Å². The Balaban J connectivity index is 2.04. The lowest BCUT2D eigenvalue weighted by molar-refractivity contribution is -0.111.